The third-order valence-corrected chi connectivity index (χ3v) is 3.87. The number of nitrogens with one attached hydrogen (secondary N) is 2. The van der Waals surface area contributed by atoms with Crippen LogP contribution in [0.15, 0.2) is 0 Å². The molecule has 0 aromatic heterocycles. The summed E-state index contributed by atoms with van der Waals surface area (Å²) in [5, 5.41) is 14.7. The van der Waals surface area contributed by atoms with Gasteiger partial charge in [-0.1, -0.05) is 40.5 Å². The second kappa shape index (κ2) is 6.95. The third kappa shape index (κ3) is 6.26. The Balaban J connectivity index is 2.49. The molecule has 5 heteroatoms. The van der Waals surface area contributed by atoms with E-state index in [1.165, 1.54) is 12.8 Å². The summed E-state index contributed by atoms with van der Waals surface area (Å²) in [6.07, 6.45) is 4.41. The number of carboxylic acid groups (broad SMARTS) is 1. The minimum atomic E-state index is -0.893. The van der Waals surface area contributed by atoms with Crippen LogP contribution in [0.25, 0.3) is 0 Å². The molecule has 1 rings (SSSR count). The van der Waals surface area contributed by atoms with E-state index in [9.17, 15) is 9.59 Å². The Hall–Kier alpha value is -1.26. The van der Waals surface area contributed by atoms with Gasteiger partial charge in [0, 0.05) is 12.1 Å². The zero-order valence-corrected chi connectivity index (χ0v) is 13.0. The molecule has 0 spiro atoms. The van der Waals surface area contributed by atoms with E-state index in [2.05, 4.69) is 17.6 Å². The van der Waals surface area contributed by atoms with E-state index in [4.69, 9.17) is 5.11 Å². The molecule has 0 aliphatic heterocycles. The molecular weight excluding hydrogens is 256 g/mol. The van der Waals surface area contributed by atoms with Gasteiger partial charge in [-0.15, -0.1) is 0 Å². The maximum Gasteiger partial charge on any atom is 0.315 e. The molecule has 1 fully saturated rings. The van der Waals surface area contributed by atoms with Gasteiger partial charge in [0.1, 0.15) is 0 Å². The molecule has 116 valence electrons. The molecule has 5 nitrogen and oxygen atoms in total. The van der Waals surface area contributed by atoms with E-state index in [1.807, 2.05) is 20.8 Å². The van der Waals surface area contributed by atoms with Gasteiger partial charge in [0.15, 0.2) is 0 Å². The first kappa shape index (κ1) is 16.8. The van der Waals surface area contributed by atoms with Crippen LogP contribution in [0.3, 0.4) is 0 Å². The van der Waals surface area contributed by atoms with Gasteiger partial charge in [0.05, 0.1) is 6.42 Å². The molecule has 1 aliphatic rings. The van der Waals surface area contributed by atoms with Crippen LogP contribution in [0.1, 0.15) is 59.8 Å². The molecule has 0 bridgehead atoms. The Bertz CT molecular complexity index is 346. The third-order valence-electron chi connectivity index (χ3n) is 3.87. The molecular formula is C15H28N2O3. The Kier molecular flexibility index (Phi) is 5.84. The first-order chi connectivity index (χ1) is 9.22. The van der Waals surface area contributed by atoms with E-state index < -0.39 is 5.97 Å². The zero-order chi connectivity index (χ0) is 15.3. The molecule has 3 N–H and O–H groups in total. The number of amides is 2. The normalized spacial score (nSPS) is 18.2. The lowest BCUT2D eigenvalue weighted by Crippen LogP contribution is -2.51. The summed E-state index contributed by atoms with van der Waals surface area (Å²) >= 11 is 0. The zero-order valence-electron chi connectivity index (χ0n) is 13.0. The van der Waals surface area contributed by atoms with Crippen LogP contribution in [-0.4, -0.2) is 29.2 Å². The molecule has 1 aliphatic carbocycles. The summed E-state index contributed by atoms with van der Waals surface area (Å²) in [5.41, 5.74) is -0.284. The first-order valence-electron chi connectivity index (χ1n) is 7.51. The van der Waals surface area contributed by atoms with Gasteiger partial charge in [-0.2, -0.15) is 0 Å². The van der Waals surface area contributed by atoms with Gasteiger partial charge in [-0.3, -0.25) is 4.79 Å². The molecule has 1 saturated carbocycles. The van der Waals surface area contributed by atoms with Crippen molar-refractivity contribution in [2.75, 3.05) is 0 Å². The molecule has 0 aromatic carbocycles. The fraction of sp³-hybridized carbons (Fsp3) is 0.867. The van der Waals surface area contributed by atoms with Crippen molar-refractivity contribution in [1.29, 1.82) is 0 Å². The summed E-state index contributed by atoms with van der Waals surface area (Å²) in [4.78, 5) is 22.9. The van der Waals surface area contributed by atoms with Crippen molar-refractivity contribution in [3.05, 3.63) is 0 Å². The quantitative estimate of drug-likeness (QED) is 0.672. The minimum absolute atomic E-state index is 0.0592. The van der Waals surface area contributed by atoms with Crippen molar-refractivity contribution in [2.24, 2.45) is 11.3 Å². The van der Waals surface area contributed by atoms with Crippen LogP contribution in [0.5, 0.6) is 0 Å². The number of urea groups is 1. The van der Waals surface area contributed by atoms with Gasteiger partial charge in [-0.05, 0) is 24.2 Å². The van der Waals surface area contributed by atoms with Gasteiger partial charge in [0.25, 0.3) is 0 Å². The van der Waals surface area contributed by atoms with Gasteiger partial charge in [0.2, 0.25) is 0 Å². The van der Waals surface area contributed by atoms with Crippen LogP contribution in [0.2, 0.25) is 0 Å². The summed E-state index contributed by atoms with van der Waals surface area (Å²) in [6.45, 7) is 7.86. The lowest BCUT2D eigenvalue weighted by molar-refractivity contribution is -0.138. The highest BCUT2D eigenvalue weighted by Gasteiger charge is 2.30. The minimum Gasteiger partial charge on any atom is -0.481 e. The lowest BCUT2D eigenvalue weighted by atomic mass is 9.85. The van der Waals surface area contributed by atoms with Crippen LogP contribution in [-0.2, 0) is 4.79 Å². The molecule has 2 unspecified atom stereocenters. The van der Waals surface area contributed by atoms with Crippen molar-refractivity contribution >= 4 is 12.0 Å². The molecule has 0 aromatic rings. The average Bonchev–Trinajstić information content (AvgIpc) is 3.09. The second-order valence-corrected chi connectivity index (χ2v) is 6.92. The predicted octanol–water partition coefficient (Wildman–Crippen LogP) is 2.75. The van der Waals surface area contributed by atoms with E-state index in [0.717, 1.165) is 18.8 Å². The van der Waals surface area contributed by atoms with Gasteiger partial charge in [-0.25, -0.2) is 4.79 Å². The Morgan fingerprint density at radius 3 is 2.25 bits per heavy atom. The lowest BCUT2D eigenvalue weighted by Gasteiger charge is -2.31. The van der Waals surface area contributed by atoms with Crippen molar-refractivity contribution in [3.63, 3.8) is 0 Å². The highest BCUT2D eigenvalue weighted by Crippen LogP contribution is 2.34. The van der Waals surface area contributed by atoms with E-state index in [-0.39, 0.29) is 30.0 Å². The number of rotatable bonds is 7. The molecule has 2 amide bonds. The van der Waals surface area contributed by atoms with E-state index >= 15 is 0 Å². The van der Waals surface area contributed by atoms with Crippen LogP contribution < -0.4 is 10.6 Å². The van der Waals surface area contributed by atoms with Crippen molar-refractivity contribution in [3.8, 4) is 0 Å². The molecule has 0 saturated heterocycles. The fourth-order valence-corrected chi connectivity index (χ4v) is 2.22. The Morgan fingerprint density at radius 2 is 1.85 bits per heavy atom. The first-order valence-corrected chi connectivity index (χ1v) is 7.51. The second-order valence-electron chi connectivity index (χ2n) is 6.92. The van der Waals surface area contributed by atoms with E-state index in [1.54, 1.807) is 0 Å². The monoisotopic (exact) mass is 284 g/mol. The molecule has 20 heavy (non-hydrogen) atoms. The van der Waals surface area contributed by atoms with Crippen molar-refractivity contribution in [1.82, 2.24) is 10.6 Å². The standard InChI is InChI=1S/C15H28N2O3/c1-5-11(8-10-6-7-10)16-14(20)17-12(9-13(18)19)15(2,3)4/h10-12H,5-9H2,1-4H3,(H,18,19)(H2,16,17,20). The van der Waals surface area contributed by atoms with Gasteiger partial charge < -0.3 is 15.7 Å². The average molecular weight is 284 g/mol. The number of carbonyl (C=O) groups is 2. The maximum absolute atomic E-state index is 12.0. The number of carbonyl (C=O) groups excluding carboxylic acids is 1. The van der Waals surface area contributed by atoms with Crippen LogP contribution in [0.4, 0.5) is 4.79 Å². The molecule has 0 heterocycles. The number of carboxylic acids is 1. The number of hydrogen-bond acceptors (Lipinski definition) is 2. The number of hydrogen-bond donors (Lipinski definition) is 3. The smallest absolute Gasteiger partial charge is 0.315 e. The topological polar surface area (TPSA) is 78.4 Å². The summed E-state index contributed by atoms with van der Waals surface area (Å²) in [6, 6.07) is -0.440. The van der Waals surface area contributed by atoms with Gasteiger partial charge >= 0.3 is 12.0 Å². The predicted molar refractivity (Wildman–Crippen MR) is 78.6 cm³/mol. The Labute approximate surface area is 121 Å². The molecule has 0 radical (unpaired) electrons. The molecule has 2 atom stereocenters. The highest BCUT2D eigenvalue weighted by atomic mass is 16.4. The maximum atomic E-state index is 12.0. The van der Waals surface area contributed by atoms with Crippen molar-refractivity contribution in [2.45, 2.75) is 71.9 Å². The summed E-state index contributed by atoms with van der Waals surface area (Å²) in [5.74, 6) is -0.132. The largest absolute Gasteiger partial charge is 0.481 e. The summed E-state index contributed by atoms with van der Waals surface area (Å²) < 4.78 is 0. The van der Waals surface area contributed by atoms with Crippen LogP contribution >= 0.6 is 0 Å². The van der Waals surface area contributed by atoms with Crippen molar-refractivity contribution < 1.29 is 14.7 Å². The summed E-state index contributed by atoms with van der Waals surface area (Å²) in [7, 11) is 0. The van der Waals surface area contributed by atoms with Crippen LogP contribution in [0, 0.1) is 11.3 Å². The highest BCUT2D eigenvalue weighted by molar-refractivity contribution is 5.76. The Morgan fingerprint density at radius 1 is 1.25 bits per heavy atom. The number of aliphatic carboxylic acids is 1. The fourth-order valence-electron chi connectivity index (χ4n) is 2.22. The SMILES string of the molecule is CCC(CC1CC1)NC(=O)NC(CC(=O)O)C(C)(C)C. The van der Waals surface area contributed by atoms with E-state index in [0.29, 0.717) is 0 Å².